The highest BCUT2D eigenvalue weighted by Crippen LogP contribution is 2.22. The number of anilines is 1. The van der Waals surface area contributed by atoms with Gasteiger partial charge in [0.1, 0.15) is 0 Å². The van der Waals surface area contributed by atoms with Crippen LogP contribution in [0.15, 0.2) is 18.2 Å². The maximum absolute atomic E-state index is 12.3. The number of carbonyl (C=O) groups is 2. The predicted molar refractivity (Wildman–Crippen MR) is 85.0 cm³/mol. The summed E-state index contributed by atoms with van der Waals surface area (Å²) in [6.45, 7) is 1.97. The molecule has 1 aromatic heterocycles. The first-order chi connectivity index (χ1) is 10.8. The monoisotopic (exact) mass is 337 g/mol. The van der Waals surface area contributed by atoms with E-state index in [0.717, 1.165) is 0 Å². The molecule has 1 amide bonds. The molecule has 0 radical (unpaired) electrons. The number of aromatic carboxylic acids is 1. The first-order valence-electron chi connectivity index (χ1n) is 6.70. The van der Waals surface area contributed by atoms with Gasteiger partial charge in [-0.3, -0.25) is 9.48 Å². The number of hydrogen-bond acceptors (Lipinski definition) is 4. The molecular formula is C15H16ClN3O4. The number of aromatic nitrogens is 2. The minimum atomic E-state index is -1.09. The molecule has 23 heavy (non-hydrogen) atoms. The molecule has 0 fully saturated rings. The lowest BCUT2D eigenvalue weighted by Gasteiger charge is -2.08. The van der Waals surface area contributed by atoms with E-state index < -0.39 is 11.9 Å². The number of ether oxygens (including phenoxy) is 1. The number of halogens is 1. The van der Waals surface area contributed by atoms with Crippen LogP contribution in [0, 0.1) is 6.92 Å². The van der Waals surface area contributed by atoms with Gasteiger partial charge >= 0.3 is 5.97 Å². The van der Waals surface area contributed by atoms with Crippen LogP contribution in [0.4, 0.5) is 5.69 Å². The Morgan fingerprint density at radius 2 is 2.09 bits per heavy atom. The second-order valence-electron chi connectivity index (χ2n) is 4.98. The standard InChI is InChI=1S/C15H16ClN3O4/c1-8-12(16)13(18-19(8)2)14(20)17-11-5-9(7-23-3)4-10(6-11)15(21)22/h4-6H,7H2,1-3H3,(H,17,20)(H,21,22). The molecule has 1 aromatic carbocycles. The SMILES string of the molecule is COCc1cc(NC(=O)c2nn(C)c(C)c2Cl)cc(C(=O)O)c1. The molecule has 2 rings (SSSR count). The summed E-state index contributed by atoms with van der Waals surface area (Å²) in [7, 11) is 3.18. The molecule has 8 heteroatoms. The molecule has 2 N–H and O–H groups in total. The van der Waals surface area contributed by atoms with Gasteiger partial charge in [0.2, 0.25) is 0 Å². The Bertz CT molecular complexity index is 770. The van der Waals surface area contributed by atoms with Crippen LogP contribution >= 0.6 is 11.6 Å². The number of carboxylic acids is 1. The molecular weight excluding hydrogens is 322 g/mol. The molecule has 7 nitrogen and oxygen atoms in total. The number of amides is 1. The van der Waals surface area contributed by atoms with Crippen molar-refractivity contribution < 1.29 is 19.4 Å². The first-order valence-corrected chi connectivity index (χ1v) is 7.08. The number of carboxylic acid groups (broad SMARTS) is 1. The molecule has 0 atom stereocenters. The van der Waals surface area contributed by atoms with Crippen molar-refractivity contribution in [2.24, 2.45) is 7.05 Å². The number of nitrogens with one attached hydrogen (secondary N) is 1. The number of nitrogens with zero attached hydrogens (tertiary/aromatic N) is 2. The molecule has 0 spiro atoms. The number of carbonyl (C=O) groups excluding carboxylic acids is 1. The predicted octanol–water partition coefficient (Wildman–Crippen LogP) is 2.48. The molecule has 0 saturated heterocycles. The topological polar surface area (TPSA) is 93.5 Å². The van der Waals surface area contributed by atoms with Gasteiger partial charge in [-0.25, -0.2) is 4.79 Å². The lowest BCUT2D eigenvalue weighted by atomic mass is 10.1. The van der Waals surface area contributed by atoms with Crippen LogP contribution in [0.3, 0.4) is 0 Å². The van der Waals surface area contributed by atoms with Crippen molar-refractivity contribution in [2.45, 2.75) is 13.5 Å². The number of benzene rings is 1. The molecule has 122 valence electrons. The van der Waals surface area contributed by atoms with Crippen molar-refractivity contribution in [3.63, 3.8) is 0 Å². The van der Waals surface area contributed by atoms with E-state index in [9.17, 15) is 9.59 Å². The molecule has 2 aromatic rings. The number of methoxy groups -OCH3 is 1. The van der Waals surface area contributed by atoms with Gasteiger partial charge in [-0.15, -0.1) is 0 Å². The normalized spacial score (nSPS) is 10.6. The Hall–Kier alpha value is -2.38. The van der Waals surface area contributed by atoms with Crippen LogP contribution < -0.4 is 5.32 Å². The third-order valence-electron chi connectivity index (χ3n) is 3.28. The first kappa shape index (κ1) is 17.0. The van der Waals surface area contributed by atoms with Gasteiger partial charge in [0.05, 0.1) is 22.9 Å². The van der Waals surface area contributed by atoms with Gasteiger partial charge < -0.3 is 15.2 Å². The third kappa shape index (κ3) is 3.69. The summed E-state index contributed by atoms with van der Waals surface area (Å²) in [6, 6.07) is 4.49. The second-order valence-corrected chi connectivity index (χ2v) is 5.36. The highest BCUT2D eigenvalue weighted by molar-refractivity contribution is 6.34. The summed E-state index contributed by atoms with van der Waals surface area (Å²) >= 11 is 6.08. The quantitative estimate of drug-likeness (QED) is 0.874. The zero-order valence-corrected chi connectivity index (χ0v) is 13.6. The van der Waals surface area contributed by atoms with Gasteiger partial charge in [0.25, 0.3) is 5.91 Å². The Balaban J connectivity index is 2.32. The minimum Gasteiger partial charge on any atom is -0.478 e. The van der Waals surface area contributed by atoms with Gasteiger partial charge in [-0.1, -0.05) is 11.6 Å². The zero-order valence-electron chi connectivity index (χ0n) is 12.9. The van der Waals surface area contributed by atoms with Gasteiger partial charge in [0.15, 0.2) is 5.69 Å². The van der Waals surface area contributed by atoms with E-state index >= 15 is 0 Å². The third-order valence-corrected chi connectivity index (χ3v) is 3.74. The summed E-state index contributed by atoms with van der Waals surface area (Å²) in [5, 5.41) is 16.1. The Labute approximate surface area is 137 Å². The van der Waals surface area contributed by atoms with Crippen LogP contribution in [-0.4, -0.2) is 33.9 Å². The van der Waals surface area contributed by atoms with E-state index in [2.05, 4.69) is 10.4 Å². The van der Waals surface area contributed by atoms with Crippen molar-refractivity contribution in [1.29, 1.82) is 0 Å². The van der Waals surface area contributed by atoms with Gasteiger partial charge in [0, 0.05) is 19.8 Å². The summed E-state index contributed by atoms with van der Waals surface area (Å²) < 4.78 is 6.50. The van der Waals surface area contributed by atoms with Gasteiger partial charge in [-0.05, 0) is 30.7 Å². The molecule has 1 heterocycles. The van der Waals surface area contributed by atoms with Crippen LogP contribution in [0.25, 0.3) is 0 Å². The highest BCUT2D eigenvalue weighted by atomic mass is 35.5. The number of rotatable bonds is 5. The van der Waals surface area contributed by atoms with Crippen LogP contribution in [-0.2, 0) is 18.4 Å². The largest absolute Gasteiger partial charge is 0.478 e. The fraction of sp³-hybridized carbons (Fsp3) is 0.267. The zero-order chi connectivity index (χ0) is 17.1. The van der Waals surface area contributed by atoms with E-state index in [0.29, 0.717) is 16.9 Å². The number of aryl methyl sites for hydroxylation is 1. The summed E-state index contributed by atoms with van der Waals surface area (Å²) in [4.78, 5) is 23.5. The van der Waals surface area contributed by atoms with Gasteiger partial charge in [-0.2, -0.15) is 5.10 Å². The summed E-state index contributed by atoms with van der Waals surface area (Å²) in [6.07, 6.45) is 0. The Morgan fingerprint density at radius 1 is 1.39 bits per heavy atom. The number of hydrogen-bond donors (Lipinski definition) is 2. The average molecular weight is 338 g/mol. The van der Waals surface area contributed by atoms with Crippen molar-refractivity contribution in [2.75, 3.05) is 12.4 Å². The Morgan fingerprint density at radius 3 is 2.61 bits per heavy atom. The lowest BCUT2D eigenvalue weighted by Crippen LogP contribution is -2.14. The van der Waals surface area contributed by atoms with E-state index in [1.807, 2.05) is 0 Å². The average Bonchev–Trinajstić information content (AvgIpc) is 2.75. The maximum atomic E-state index is 12.3. The maximum Gasteiger partial charge on any atom is 0.335 e. The fourth-order valence-corrected chi connectivity index (χ4v) is 2.30. The van der Waals surface area contributed by atoms with E-state index in [1.54, 1.807) is 20.0 Å². The smallest absolute Gasteiger partial charge is 0.335 e. The van der Waals surface area contributed by atoms with E-state index in [-0.39, 0.29) is 22.9 Å². The molecule has 0 unspecified atom stereocenters. The van der Waals surface area contributed by atoms with Crippen molar-refractivity contribution in [3.8, 4) is 0 Å². The molecule has 0 aliphatic heterocycles. The summed E-state index contributed by atoms with van der Waals surface area (Å²) in [5.74, 6) is -1.60. The van der Waals surface area contributed by atoms with Crippen molar-refractivity contribution in [3.05, 3.63) is 45.7 Å². The van der Waals surface area contributed by atoms with Crippen LogP contribution in [0.5, 0.6) is 0 Å². The lowest BCUT2D eigenvalue weighted by molar-refractivity contribution is 0.0696. The van der Waals surface area contributed by atoms with Crippen molar-refractivity contribution in [1.82, 2.24) is 9.78 Å². The second kappa shape index (κ2) is 6.80. The molecule has 0 aliphatic rings. The van der Waals surface area contributed by atoms with Crippen molar-refractivity contribution >= 4 is 29.2 Å². The Kier molecular flexibility index (Phi) is 5.02. The minimum absolute atomic E-state index is 0.0538. The summed E-state index contributed by atoms with van der Waals surface area (Å²) in [5.41, 5.74) is 1.77. The molecule has 0 aliphatic carbocycles. The van der Waals surface area contributed by atoms with Crippen LogP contribution in [0.2, 0.25) is 5.02 Å². The molecule has 0 bridgehead atoms. The van der Waals surface area contributed by atoms with Crippen LogP contribution in [0.1, 0.15) is 32.1 Å². The van der Waals surface area contributed by atoms with E-state index in [1.165, 1.54) is 23.9 Å². The molecule has 0 saturated carbocycles. The highest BCUT2D eigenvalue weighted by Gasteiger charge is 2.19. The fourth-order valence-electron chi connectivity index (χ4n) is 2.06. The van der Waals surface area contributed by atoms with E-state index in [4.69, 9.17) is 21.4 Å².